The van der Waals surface area contributed by atoms with Crippen molar-refractivity contribution in [1.82, 2.24) is 10.3 Å². The molecule has 1 aliphatic carbocycles. The fourth-order valence-corrected chi connectivity index (χ4v) is 3.09. The summed E-state index contributed by atoms with van der Waals surface area (Å²) in [5.41, 5.74) is 4.70. The van der Waals surface area contributed by atoms with Crippen LogP contribution in [-0.2, 0) is 12.7 Å². The second kappa shape index (κ2) is 6.17. The summed E-state index contributed by atoms with van der Waals surface area (Å²) >= 11 is 1.09. The number of alkyl halides is 3. The normalized spacial score (nSPS) is 18.5. The van der Waals surface area contributed by atoms with Crippen molar-refractivity contribution in [3.8, 4) is 0 Å². The second-order valence-corrected chi connectivity index (χ2v) is 6.54. The molecule has 1 heterocycles. The zero-order valence-corrected chi connectivity index (χ0v) is 13.0. The molecule has 0 amide bonds. The van der Waals surface area contributed by atoms with Crippen LogP contribution in [-0.4, -0.2) is 17.1 Å². The summed E-state index contributed by atoms with van der Waals surface area (Å²) in [6, 6.07) is 0. The minimum absolute atomic E-state index is 0. The summed E-state index contributed by atoms with van der Waals surface area (Å²) in [5, 5.41) is 3.63. The molecule has 0 aliphatic heterocycles. The molecule has 1 saturated carbocycles. The van der Waals surface area contributed by atoms with Crippen LogP contribution in [0.3, 0.4) is 0 Å². The van der Waals surface area contributed by atoms with E-state index < -0.39 is 11.9 Å². The fourth-order valence-electron chi connectivity index (χ4n) is 2.20. The molecule has 0 spiro atoms. The van der Waals surface area contributed by atoms with Crippen molar-refractivity contribution in [1.29, 1.82) is 0 Å². The Hall–Kier alpha value is -0.370. The summed E-state index contributed by atoms with van der Waals surface area (Å²) in [5.74, 6) is 0.473. The van der Waals surface area contributed by atoms with Gasteiger partial charge >= 0.3 is 6.18 Å². The molecule has 1 unspecified atom stereocenters. The molecule has 1 aromatic heterocycles. The van der Waals surface area contributed by atoms with Crippen LogP contribution in [0.15, 0.2) is 0 Å². The number of thiazole rings is 1. The molecular formula is C12H19ClF3N3S. The van der Waals surface area contributed by atoms with Gasteiger partial charge < -0.3 is 11.1 Å². The van der Waals surface area contributed by atoms with Crippen LogP contribution in [0.1, 0.15) is 35.3 Å². The van der Waals surface area contributed by atoms with E-state index >= 15 is 0 Å². The van der Waals surface area contributed by atoms with E-state index in [4.69, 9.17) is 5.73 Å². The van der Waals surface area contributed by atoms with Crippen LogP contribution in [0.2, 0.25) is 0 Å². The highest BCUT2D eigenvalue weighted by Gasteiger charge is 2.41. The van der Waals surface area contributed by atoms with Gasteiger partial charge in [-0.3, -0.25) is 0 Å². The van der Waals surface area contributed by atoms with E-state index in [1.807, 2.05) is 6.92 Å². The third-order valence-corrected chi connectivity index (χ3v) is 4.60. The second-order valence-electron chi connectivity index (χ2n) is 5.25. The molecule has 1 aromatic rings. The van der Waals surface area contributed by atoms with Gasteiger partial charge in [-0.25, -0.2) is 4.98 Å². The van der Waals surface area contributed by atoms with Crippen LogP contribution in [0, 0.1) is 12.8 Å². The highest BCUT2D eigenvalue weighted by molar-refractivity contribution is 7.11. The van der Waals surface area contributed by atoms with E-state index in [0.717, 1.165) is 24.2 Å². The Balaban J connectivity index is 0.00000200. The van der Waals surface area contributed by atoms with Crippen LogP contribution in [0.4, 0.5) is 13.2 Å². The van der Waals surface area contributed by atoms with Crippen LogP contribution < -0.4 is 11.1 Å². The lowest BCUT2D eigenvalue weighted by Gasteiger charge is -2.29. The Kier molecular flexibility index (Phi) is 5.46. The van der Waals surface area contributed by atoms with Crippen molar-refractivity contribution in [2.45, 2.75) is 44.9 Å². The molecule has 3 nitrogen and oxygen atoms in total. The van der Waals surface area contributed by atoms with Crippen LogP contribution >= 0.6 is 23.7 Å². The molecular weight excluding hydrogens is 311 g/mol. The zero-order valence-electron chi connectivity index (χ0n) is 11.4. The number of hydrogen-bond acceptors (Lipinski definition) is 4. The number of nitrogens with zero attached hydrogens (tertiary/aromatic N) is 1. The van der Waals surface area contributed by atoms with Gasteiger partial charge in [0.2, 0.25) is 0 Å². The van der Waals surface area contributed by atoms with Gasteiger partial charge in [0.1, 0.15) is 0 Å². The number of aromatic nitrogens is 1. The fraction of sp³-hybridized carbons (Fsp3) is 0.750. The first-order chi connectivity index (χ1) is 8.76. The van der Waals surface area contributed by atoms with Crippen molar-refractivity contribution in [2.24, 2.45) is 11.7 Å². The number of nitrogens with one attached hydrogen (secondary N) is 1. The number of halogens is 4. The largest absolute Gasteiger partial charge is 0.434 e. The van der Waals surface area contributed by atoms with Crippen LogP contribution in [0.25, 0.3) is 0 Å². The third kappa shape index (κ3) is 3.84. The number of rotatable bonds is 5. The van der Waals surface area contributed by atoms with Crippen molar-refractivity contribution in [3.63, 3.8) is 0 Å². The average Bonchev–Trinajstić information content (AvgIpc) is 3.09. The molecule has 20 heavy (non-hydrogen) atoms. The van der Waals surface area contributed by atoms with Gasteiger partial charge in [0, 0.05) is 18.6 Å². The van der Waals surface area contributed by atoms with Crippen molar-refractivity contribution < 1.29 is 13.2 Å². The minimum atomic E-state index is -4.39. The molecule has 3 N–H and O–H groups in total. The predicted octanol–water partition coefficient (Wildman–Crippen LogP) is 3.11. The summed E-state index contributed by atoms with van der Waals surface area (Å²) in [6.07, 6.45) is -2.20. The molecule has 1 atom stereocenters. The van der Waals surface area contributed by atoms with Gasteiger partial charge in [0.15, 0.2) is 5.69 Å². The maximum atomic E-state index is 12.8. The topological polar surface area (TPSA) is 50.9 Å². The summed E-state index contributed by atoms with van der Waals surface area (Å²) in [4.78, 5) is 3.83. The standard InChI is InChI=1S/C12H18F3N3S.ClH/c1-7-18-10(12(13,14)15)9(19-7)5-17-11(2,6-16)8-3-4-8;/h8,17H,3-6,16H2,1-2H3;1H. The number of aryl methyl sites for hydroxylation is 1. The first kappa shape index (κ1) is 17.7. The molecule has 1 fully saturated rings. The van der Waals surface area contributed by atoms with Crippen molar-refractivity contribution in [2.75, 3.05) is 6.54 Å². The van der Waals surface area contributed by atoms with E-state index in [1.54, 1.807) is 6.92 Å². The molecule has 116 valence electrons. The summed E-state index contributed by atoms with van der Waals surface area (Å²) in [6.45, 7) is 4.17. The monoisotopic (exact) mass is 329 g/mol. The Morgan fingerprint density at radius 3 is 2.45 bits per heavy atom. The van der Waals surface area contributed by atoms with Crippen LogP contribution in [0.5, 0.6) is 0 Å². The van der Waals surface area contributed by atoms with E-state index in [0.29, 0.717) is 17.5 Å². The Labute approximate surface area is 126 Å². The summed E-state index contributed by atoms with van der Waals surface area (Å²) < 4.78 is 38.5. The maximum Gasteiger partial charge on any atom is 0.434 e. The quantitative estimate of drug-likeness (QED) is 0.872. The Morgan fingerprint density at radius 2 is 2.00 bits per heavy atom. The van der Waals surface area contributed by atoms with E-state index in [2.05, 4.69) is 10.3 Å². The smallest absolute Gasteiger partial charge is 0.329 e. The first-order valence-electron chi connectivity index (χ1n) is 6.25. The highest BCUT2D eigenvalue weighted by atomic mass is 35.5. The predicted molar refractivity (Wildman–Crippen MR) is 76.1 cm³/mol. The summed E-state index contributed by atoms with van der Waals surface area (Å²) in [7, 11) is 0. The van der Waals surface area contributed by atoms with E-state index in [9.17, 15) is 13.2 Å². The van der Waals surface area contributed by atoms with E-state index in [-0.39, 0.29) is 29.4 Å². The van der Waals surface area contributed by atoms with Gasteiger partial charge in [0.05, 0.1) is 9.88 Å². The third-order valence-electron chi connectivity index (χ3n) is 3.63. The minimum Gasteiger partial charge on any atom is -0.329 e. The van der Waals surface area contributed by atoms with Crippen molar-refractivity contribution >= 4 is 23.7 Å². The van der Waals surface area contributed by atoms with Crippen molar-refractivity contribution in [3.05, 3.63) is 15.6 Å². The SMILES string of the molecule is Cc1nc(C(F)(F)F)c(CNC(C)(CN)C2CC2)s1.Cl. The molecule has 0 bridgehead atoms. The number of nitrogens with two attached hydrogens (primary N) is 1. The lowest BCUT2D eigenvalue weighted by Crippen LogP contribution is -2.50. The number of hydrogen-bond donors (Lipinski definition) is 2. The van der Waals surface area contributed by atoms with E-state index in [1.165, 1.54) is 0 Å². The maximum absolute atomic E-state index is 12.8. The van der Waals surface area contributed by atoms with Gasteiger partial charge in [-0.15, -0.1) is 23.7 Å². The highest BCUT2D eigenvalue weighted by Crippen LogP contribution is 2.40. The average molecular weight is 330 g/mol. The molecule has 2 rings (SSSR count). The van der Waals surface area contributed by atoms with Gasteiger partial charge in [-0.05, 0) is 32.6 Å². The Morgan fingerprint density at radius 1 is 1.40 bits per heavy atom. The lowest BCUT2D eigenvalue weighted by atomic mass is 9.96. The van der Waals surface area contributed by atoms with Gasteiger partial charge in [0.25, 0.3) is 0 Å². The molecule has 0 radical (unpaired) electrons. The zero-order chi connectivity index (χ0) is 14.3. The van der Waals surface area contributed by atoms with Gasteiger partial charge in [-0.2, -0.15) is 13.2 Å². The Bertz CT molecular complexity index is 459. The first-order valence-corrected chi connectivity index (χ1v) is 7.06. The molecule has 1 aliphatic rings. The van der Waals surface area contributed by atoms with Gasteiger partial charge in [-0.1, -0.05) is 0 Å². The molecule has 0 aromatic carbocycles. The molecule has 8 heteroatoms. The lowest BCUT2D eigenvalue weighted by molar-refractivity contribution is -0.141. The molecule has 0 saturated heterocycles.